The molecule has 1 saturated heterocycles. The summed E-state index contributed by atoms with van der Waals surface area (Å²) in [4.78, 5) is 0. The first-order chi connectivity index (χ1) is 7.51. The Balaban J connectivity index is 2.31. The zero-order valence-electron chi connectivity index (χ0n) is 9.04. The molecule has 1 heterocycles. The third kappa shape index (κ3) is 2.08. The predicted molar refractivity (Wildman–Crippen MR) is 54.9 cm³/mol. The van der Waals surface area contributed by atoms with Crippen LogP contribution in [0.2, 0.25) is 0 Å². The molecule has 2 rings (SSSR count). The third-order valence-corrected chi connectivity index (χ3v) is 3.00. The molecular weight excluding hydrogens is 214 g/mol. The topological polar surface area (TPSA) is 29.5 Å². The van der Waals surface area contributed by atoms with Crippen molar-refractivity contribution in [1.82, 2.24) is 0 Å². The maximum absolute atomic E-state index is 13.1. The van der Waals surface area contributed by atoms with E-state index in [0.29, 0.717) is 25.0 Å². The minimum Gasteiger partial charge on any atom is -0.385 e. The summed E-state index contributed by atoms with van der Waals surface area (Å²) in [7, 11) is 0. The number of aliphatic hydroxyl groups is 1. The van der Waals surface area contributed by atoms with Crippen LogP contribution in [0.25, 0.3) is 0 Å². The molecular formula is C12H14F2O2. The van der Waals surface area contributed by atoms with E-state index in [-0.39, 0.29) is 6.10 Å². The average molecular weight is 228 g/mol. The fraction of sp³-hybridized carbons (Fsp3) is 0.500. The Hall–Kier alpha value is -1.00. The van der Waals surface area contributed by atoms with Gasteiger partial charge >= 0.3 is 0 Å². The van der Waals surface area contributed by atoms with Crippen molar-refractivity contribution in [2.24, 2.45) is 0 Å². The zero-order chi connectivity index (χ0) is 11.8. The van der Waals surface area contributed by atoms with Crippen molar-refractivity contribution in [3.8, 4) is 0 Å². The van der Waals surface area contributed by atoms with Crippen LogP contribution < -0.4 is 0 Å². The van der Waals surface area contributed by atoms with Crippen LogP contribution in [0.4, 0.5) is 8.78 Å². The highest BCUT2D eigenvalue weighted by Gasteiger charge is 2.35. The minimum absolute atomic E-state index is 0.0770. The van der Waals surface area contributed by atoms with Crippen molar-refractivity contribution >= 4 is 0 Å². The fourth-order valence-electron chi connectivity index (χ4n) is 2.11. The lowest BCUT2D eigenvalue weighted by Crippen LogP contribution is -2.37. The first-order valence-corrected chi connectivity index (χ1v) is 5.31. The van der Waals surface area contributed by atoms with E-state index in [4.69, 9.17) is 4.74 Å². The third-order valence-electron chi connectivity index (χ3n) is 3.00. The second-order valence-corrected chi connectivity index (χ2v) is 4.30. The normalized spacial score (nSPS) is 30.4. The van der Waals surface area contributed by atoms with Gasteiger partial charge in [-0.05, 0) is 24.6 Å². The van der Waals surface area contributed by atoms with Crippen LogP contribution in [-0.4, -0.2) is 17.8 Å². The van der Waals surface area contributed by atoms with Crippen LogP contribution >= 0.6 is 0 Å². The summed E-state index contributed by atoms with van der Waals surface area (Å²) in [5.41, 5.74) is -0.687. The smallest absolute Gasteiger partial charge is 0.159 e. The van der Waals surface area contributed by atoms with Gasteiger partial charge in [0.1, 0.15) is 0 Å². The SMILES string of the molecule is CC1CC(O)(c2ccc(F)c(F)c2)CCO1. The largest absolute Gasteiger partial charge is 0.385 e. The summed E-state index contributed by atoms with van der Waals surface area (Å²) in [6.07, 6.45) is 0.729. The van der Waals surface area contributed by atoms with Crippen molar-refractivity contribution in [3.63, 3.8) is 0 Å². The molecule has 0 radical (unpaired) electrons. The Morgan fingerprint density at radius 3 is 2.75 bits per heavy atom. The average Bonchev–Trinajstić information content (AvgIpc) is 2.21. The molecule has 4 heteroatoms. The summed E-state index contributed by atoms with van der Waals surface area (Å²) in [6, 6.07) is 3.53. The molecule has 2 nitrogen and oxygen atoms in total. The zero-order valence-corrected chi connectivity index (χ0v) is 9.04. The summed E-state index contributed by atoms with van der Waals surface area (Å²) >= 11 is 0. The Morgan fingerprint density at radius 1 is 1.38 bits per heavy atom. The highest BCUT2D eigenvalue weighted by molar-refractivity contribution is 5.24. The minimum atomic E-state index is -1.10. The Bertz CT molecular complexity index is 395. The van der Waals surface area contributed by atoms with Crippen molar-refractivity contribution in [2.45, 2.75) is 31.5 Å². The highest BCUT2D eigenvalue weighted by Crippen LogP contribution is 2.34. The van der Waals surface area contributed by atoms with E-state index >= 15 is 0 Å². The molecule has 0 amide bonds. The number of halogens is 2. The van der Waals surface area contributed by atoms with Crippen LogP contribution in [0, 0.1) is 11.6 Å². The number of hydrogen-bond donors (Lipinski definition) is 1. The fourth-order valence-corrected chi connectivity index (χ4v) is 2.11. The number of rotatable bonds is 1. The molecule has 1 fully saturated rings. The summed E-state index contributed by atoms with van der Waals surface area (Å²) in [5, 5.41) is 10.4. The summed E-state index contributed by atoms with van der Waals surface area (Å²) in [6.45, 7) is 2.28. The predicted octanol–water partition coefficient (Wildman–Crippen LogP) is 2.35. The van der Waals surface area contributed by atoms with Gasteiger partial charge in [0.15, 0.2) is 11.6 Å². The molecule has 0 aromatic heterocycles. The van der Waals surface area contributed by atoms with Crippen LogP contribution in [0.5, 0.6) is 0 Å². The maximum atomic E-state index is 13.1. The van der Waals surface area contributed by atoms with Gasteiger partial charge in [0.2, 0.25) is 0 Å². The molecule has 88 valence electrons. The molecule has 1 aliphatic rings. The summed E-state index contributed by atoms with van der Waals surface area (Å²) < 4.78 is 31.2. The lowest BCUT2D eigenvalue weighted by atomic mass is 9.84. The van der Waals surface area contributed by atoms with Gasteiger partial charge in [0, 0.05) is 12.8 Å². The first kappa shape index (κ1) is 11.5. The lowest BCUT2D eigenvalue weighted by molar-refractivity contribution is -0.101. The number of benzene rings is 1. The number of hydrogen-bond acceptors (Lipinski definition) is 2. The molecule has 2 unspecified atom stereocenters. The van der Waals surface area contributed by atoms with Gasteiger partial charge in [-0.1, -0.05) is 6.07 Å². The maximum Gasteiger partial charge on any atom is 0.159 e. The second-order valence-electron chi connectivity index (χ2n) is 4.30. The van der Waals surface area contributed by atoms with Crippen LogP contribution in [0.15, 0.2) is 18.2 Å². The van der Waals surface area contributed by atoms with Crippen LogP contribution in [0.1, 0.15) is 25.3 Å². The molecule has 1 aromatic carbocycles. The van der Waals surface area contributed by atoms with Crippen LogP contribution in [0.3, 0.4) is 0 Å². The highest BCUT2D eigenvalue weighted by atomic mass is 19.2. The standard InChI is InChI=1S/C12H14F2O2/c1-8-7-12(15,4-5-16-8)9-2-3-10(13)11(14)6-9/h2-3,6,8,15H,4-5,7H2,1H3. The van der Waals surface area contributed by atoms with Gasteiger partial charge in [0.25, 0.3) is 0 Å². The molecule has 0 saturated carbocycles. The van der Waals surface area contributed by atoms with E-state index < -0.39 is 17.2 Å². The van der Waals surface area contributed by atoms with E-state index in [1.807, 2.05) is 6.92 Å². The molecule has 1 aliphatic heterocycles. The second kappa shape index (κ2) is 4.11. The quantitative estimate of drug-likeness (QED) is 0.799. The molecule has 2 atom stereocenters. The van der Waals surface area contributed by atoms with E-state index in [1.165, 1.54) is 6.07 Å². The molecule has 1 aromatic rings. The van der Waals surface area contributed by atoms with Crippen molar-refractivity contribution < 1.29 is 18.6 Å². The Morgan fingerprint density at radius 2 is 2.12 bits per heavy atom. The van der Waals surface area contributed by atoms with Gasteiger partial charge in [0.05, 0.1) is 18.3 Å². The van der Waals surface area contributed by atoms with E-state index in [1.54, 1.807) is 0 Å². The Kier molecular flexibility index (Phi) is 2.95. The van der Waals surface area contributed by atoms with Gasteiger partial charge < -0.3 is 9.84 Å². The van der Waals surface area contributed by atoms with Crippen LogP contribution in [-0.2, 0) is 10.3 Å². The van der Waals surface area contributed by atoms with Gasteiger partial charge in [-0.25, -0.2) is 8.78 Å². The van der Waals surface area contributed by atoms with E-state index in [0.717, 1.165) is 12.1 Å². The monoisotopic (exact) mass is 228 g/mol. The van der Waals surface area contributed by atoms with E-state index in [2.05, 4.69) is 0 Å². The molecule has 16 heavy (non-hydrogen) atoms. The van der Waals surface area contributed by atoms with Crippen molar-refractivity contribution in [2.75, 3.05) is 6.61 Å². The van der Waals surface area contributed by atoms with E-state index in [9.17, 15) is 13.9 Å². The van der Waals surface area contributed by atoms with Gasteiger partial charge in [-0.3, -0.25) is 0 Å². The lowest BCUT2D eigenvalue weighted by Gasteiger charge is -2.36. The summed E-state index contributed by atoms with van der Waals surface area (Å²) in [5.74, 6) is -1.82. The molecule has 0 bridgehead atoms. The van der Waals surface area contributed by atoms with Crippen molar-refractivity contribution in [1.29, 1.82) is 0 Å². The molecule has 0 spiro atoms. The first-order valence-electron chi connectivity index (χ1n) is 5.31. The van der Waals surface area contributed by atoms with Crippen molar-refractivity contribution in [3.05, 3.63) is 35.4 Å². The molecule has 0 aliphatic carbocycles. The van der Waals surface area contributed by atoms with Gasteiger partial charge in [-0.2, -0.15) is 0 Å². The Labute approximate surface area is 92.9 Å². The number of ether oxygens (including phenoxy) is 1. The van der Waals surface area contributed by atoms with Gasteiger partial charge in [-0.15, -0.1) is 0 Å². The molecule has 1 N–H and O–H groups in total.